The Morgan fingerprint density at radius 1 is 0.247 bits per heavy atom. The van der Waals surface area contributed by atoms with Gasteiger partial charge in [-0.05, 0) is 103 Å². The van der Waals surface area contributed by atoms with E-state index < -0.39 is 6.10 Å². The molecule has 6 nitrogen and oxygen atoms in total. The topological polar surface area (TPSA) is 78.9 Å². The highest BCUT2D eigenvalue weighted by Gasteiger charge is 2.19. The van der Waals surface area contributed by atoms with Gasteiger partial charge >= 0.3 is 17.9 Å². The number of carbonyl (C=O) groups excluding carboxylic acids is 3. The average Bonchev–Trinajstić information content (AvgIpc) is 3.47. The predicted molar refractivity (Wildman–Crippen MR) is 353 cm³/mol. The Balaban J connectivity index is 4.20. The van der Waals surface area contributed by atoms with Gasteiger partial charge < -0.3 is 14.2 Å². The number of hydrogen-bond acceptors (Lipinski definition) is 6. The van der Waals surface area contributed by atoms with E-state index in [0.29, 0.717) is 19.3 Å². The molecule has 0 aliphatic heterocycles. The maximum absolute atomic E-state index is 12.9. The molecule has 0 aromatic heterocycles. The largest absolute Gasteiger partial charge is 0.462 e. The first-order chi connectivity index (χ1) is 40.0. The minimum atomic E-state index is -0.780. The molecule has 1 atom stereocenters. The SMILES string of the molecule is CCCC/C=C\CCCCCCCC(=O)OCC(COC(=O)CCCCCCCCCCCCCCCCC/C=C\CCCCCCCCCC)OC(=O)CCCCCCCCCCCC/C=C\C/C=C\C/C=C\CCCCCCC. The standard InChI is InChI=1S/C75H136O6/c1-4-7-10-13-16-19-22-24-26-28-30-32-34-36-37-39-40-42-44-46-48-50-53-56-59-62-65-68-74(77)80-71-72(70-79-73(76)67-64-61-58-55-52-21-18-15-12-9-6-3)81-75(78)69-66-63-60-57-54-51-49-47-45-43-41-38-35-33-31-29-27-25-23-20-17-14-11-8-5-2/h15,18,23,25,28-31,35,38,72H,4-14,16-17,19-22,24,26-27,32-34,36-37,39-71H2,1-3H3/b18-15-,25-23-,30-28-,31-29-,38-35-. The Kier molecular flexibility index (Phi) is 67.1. The van der Waals surface area contributed by atoms with Crippen molar-refractivity contribution in [2.45, 2.75) is 386 Å². The van der Waals surface area contributed by atoms with Crippen LogP contribution in [0.15, 0.2) is 60.8 Å². The third kappa shape index (κ3) is 67.8. The Morgan fingerprint density at radius 3 is 0.741 bits per heavy atom. The number of unbranched alkanes of at least 4 members (excludes halogenated alkanes) is 45. The first kappa shape index (κ1) is 78.1. The van der Waals surface area contributed by atoms with Crippen molar-refractivity contribution < 1.29 is 28.6 Å². The molecule has 0 rings (SSSR count). The fourth-order valence-electron chi connectivity index (χ4n) is 10.5. The van der Waals surface area contributed by atoms with E-state index in [1.165, 1.54) is 263 Å². The molecule has 0 aliphatic rings. The fourth-order valence-corrected chi connectivity index (χ4v) is 10.5. The van der Waals surface area contributed by atoms with Crippen LogP contribution in [-0.4, -0.2) is 37.2 Å². The second kappa shape index (κ2) is 69.6. The number of esters is 3. The molecule has 0 N–H and O–H groups in total. The summed E-state index contributed by atoms with van der Waals surface area (Å²) < 4.78 is 17.0. The van der Waals surface area contributed by atoms with E-state index in [1.807, 2.05) is 0 Å². The molecule has 0 aromatic carbocycles. The molecule has 0 aliphatic carbocycles. The maximum atomic E-state index is 12.9. The van der Waals surface area contributed by atoms with Gasteiger partial charge in [-0.25, -0.2) is 0 Å². The monoisotopic (exact) mass is 1130 g/mol. The van der Waals surface area contributed by atoms with Gasteiger partial charge in [0.1, 0.15) is 13.2 Å². The second-order valence-electron chi connectivity index (χ2n) is 24.1. The first-order valence-corrected chi connectivity index (χ1v) is 35.8. The van der Waals surface area contributed by atoms with Gasteiger partial charge in [0.25, 0.3) is 0 Å². The van der Waals surface area contributed by atoms with Gasteiger partial charge in [-0.1, -0.05) is 319 Å². The zero-order chi connectivity index (χ0) is 58.5. The van der Waals surface area contributed by atoms with Crippen molar-refractivity contribution in [2.75, 3.05) is 13.2 Å². The summed E-state index contributed by atoms with van der Waals surface area (Å²) in [5.74, 6) is -0.869. The van der Waals surface area contributed by atoms with E-state index in [2.05, 4.69) is 81.5 Å². The van der Waals surface area contributed by atoms with E-state index in [0.717, 1.165) is 77.0 Å². The molecule has 0 bridgehead atoms. The lowest BCUT2D eigenvalue weighted by molar-refractivity contribution is -0.167. The summed E-state index contributed by atoms with van der Waals surface area (Å²) in [6.45, 7) is 6.63. The smallest absolute Gasteiger partial charge is 0.306 e. The van der Waals surface area contributed by atoms with E-state index in [4.69, 9.17) is 14.2 Å². The molecule has 1 unspecified atom stereocenters. The van der Waals surface area contributed by atoms with Gasteiger partial charge in [0, 0.05) is 19.3 Å². The van der Waals surface area contributed by atoms with E-state index >= 15 is 0 Å². The van der Waals surface area contributed by atoms with Crippen LogP contribution < -0.4 is 0 Å². The zero-order valence-electron chi connectivity index (χ0n) is 54.3. The number of hydrogen-bond donors (Lipinski definition) is 0. The van der Waals surface area contributed by atoms with E-state index in [-0.39, 0.29) is 31.1 Å². The van der Waals surface area contributed by atoms with Crippen molar-refractivity contribution in [3.05, 3.63) is 60.8 Å². The van der Waals surface area contributed by atoms with Crippen molar-refractivity contribution >= 4 is 17.9 Å². The molecule has 0 aromatic rings. The summed E-state index contributed by atoms with van der Waals surface area (Å²) in [7, 11) is 0. The molecule has 472 valence electrons. The van der Waals surface area contributed by atoms with Crippen LogP contribution in [0.2, 0.25) is 0 Å². The van der Waals surface area contributed by atoms with Gasteiger partial charge in [-0.2, -0.15) is 0 Å². The van der Waals surface area contributed by atoms with Crippen molar-refractivity contribution in [1.29, 1.82) is 0 Å². The van der Waals surface area contributed by atoms with Gasteiger partial charge in [-0.15, -0.1) is 0 Å². The third-order valence-electron chi connectivity index (χ3n) is 16.0. The first-order valence-electron chi connectivity index (χ1n) is 35.8. The number of carbonyl (C=O) groups is 3. The fraction of sp³-hybridized carbons (Fsp3) is 0.827. The lowest BCUT2D eigenvalue weighted by atomic mass is 10.0. The van der Waals surface area contributed by atoms with Gasteiger partial charge in [0.15, 0.2) is 6.10 Å². The van der Waals surface area contributed by atoms with Crippen molar-refractivity contribution in [2.24, 2.45) is 0 Å². The molecular weight excluding hydrogens is 997 g/mol. The van der Waals surface area contributed by atoms with Crippen LogP contribution in [0.3, 0.4) is 0 Å². The molecule has 0 heterocycles. The Morgan fingerprint density at radius 2 is 0.457 bits per heavy atom. The molecular formula is C75H136O6. The summed E-state index contributed by atoms with van der Waals surface area (Å²) in [6.07, 6.45) is 89.7. The normalized spacial score (nSPS) is 12.4. The average molecular weight is 1130 g/mol. The zero-order valence-corrected chi connectivity index (χ0v) is 54.3. The van der Waals surface area contributed by atoms with E-state index in [1.54, 1.807) is 0 Å². The summed E-state index contributed by atoms with van der Waals surface area (Å²) in [6, 6.07) is 0. The molecule has 0 amide bonds. The van der Waals surface area contributed by atoms with Gasteiger partial charge in [0.05, 0.1) is 0 Å². The molecule has 0 radical (unpaired) electrons. The van der Waals surface area contributed by atoms with Crippen molar-refractivity contribution in [1.82, 2.24) is 0 Å². The molecule has 0 spiro atoms. The minimum Gasteiger partial charge on any atom is -0.462 e. The van der Waals surface area contributed by atoms with Crippen LogP contribution >= 0.6 is 0 Å². The maximum Gasteiger partial charge on any atom is 0.306 e. The van der Waals surface area contributed by atoms with Crippen molar-refractivity contribution in [3.8, 4) is 0 Å². The summed E-state index contributed by atoms with van der Waals surface area (Å²) in [4.78, 5) is 38.4. The number of ether oxygens (including phenoxy) is 3. The summed E-state index contributed by atoms with van der Waals surface area (Å²) in [5, 5.41) is 0. The van der Waals surface area contributed by atoms with Crippen LogP contribution in [0.1, 0.15) is 380 Å². The van der Waals surface area contributed by atoms with Gasteiger partial charge in [0.2, 0.25) is 0 Å². The van der Waals surface area contributed by atoms with Crippen LogP contribution in [0, 0.1) is 0 Å². The number of rotatable bonds is 66. The highest BCUT2D eigenvalue weighted by molar-refractivity contribution is 5.71. The highest BCUT2D eigenvalue weighted by atomic mass is 16.6. The second-order valence-corrected chi connectivity index (χ2v) is 24.1. The lowest BCUT2D eigenvalue weighted by Gasteiger charge is -2.18. The molecule has 81 heavy (non-hydrogen) atoms. The van der Waals surface area contributed by atoms with E-state index in [9.17, 15) is 14.4 Å². The summed E-state index contributed by atoms with van der Waals surface area (Å²) >= 11 is 0. The van der Waals surface area contributed by atoms with Crippen LogP contribution in [0.25, 0.3) is 0 Å². The van der Waals surface area contributed by atoms with Crippen LogP contribution in [0.5, 0.6) is 0 Å². The minimum absolute atomic E-state index is 0.0754. The lowest BCUT2D eigenvalue weighted by Crippen LogP contribution is -2.30. The predicted octanol–water partition coefficient (Wildman–Crippen LogP) is 24.7. The van der Waals surface area contributed by atoms with Crippen molar-refractivity contribution in [3.63, 3.8) is 0 Å². The molecule has 0 saturated heterocycles. The highest BCUT2D eigenvalue weighted by Crippen LogP contribution is 2.18. The van der Waals surface area contributed by atoms with Crippen LogP contribution in [-0.2, 0) is 28.6 Å². The number of allylic oxidation sites excluding steroid dienone is 10. The quantitative estimate of drug-likeness (QED) is 0.0261. The van der Waals surface area contributed by atoms with Gasteiger partial charge in [-0.3, -0.25) is 14.4 Å². The van der Waals surface area contributed by atoms with Crippen LogP contribution in [0.4, 0.5) is 0 Å². The molecule has 0 saturated carbocycles. The summed E-state index contributed by atoms with van der Waals surface area (Å²) in [5.41, 5.74) is 0. The Bertz CT molecular complexity index is 1440. The molecule has 0 fully saturated rings. The molecule has 6 heteroatoms. The Labute approximate surface area is 504 Å². The third-order valence-corrected chi connectivity index (χ3v) is 16.0. The Hall–Kier alpha value is -2.89.